The maximum Gasteiger partial charge on any atom is 0.343 e. The number of fused-ring (bicyclic) bond motifs is 1. The Labute approximate surface area is 126 Å². The molecule has 1 amide bonds. The van der Waals surface area contributed by atoms with Gasteiger partial charge in [0.25, 0.3) is 0 Å². The molecule has 0 fully saturated rings. The van der Waals surface area contributed by atoms with Gasteiger partial charge in [0.05, 0.1) is 13.1 Å². The second kappa shape index (κ2) is 5.78. The monoisotopic (exact) mass is 306 g/mol. The number of amides is 1. The number of aromatic nitrogens is 3. The van der Waals surface area contributed by atoms with Gasteiger partial charge in [0.1, 0.15) is 6.04 Å². The fraction of sp³-hybridized carbons (Fsp3) is 0.571. The molecule has 0 spiro atoms. The normalized spacial score (nSPS) is 21.2. The molecule has 8 heteroatoms. The molecule has 0 saturated heterocycles. The lowest BCUT2D eigenvalue weighted by Crippen LogP contribution is -2.52. The summed E-state index contributed by atoms with van der Waals surface area (Å²) >= 11 is 0. The summed E-state index contributed by atoms with van der Waals surface area (Å²) in [5.74, 6) is -0.930. The van der Waals surface area contributed by atoms with Crippen molar-refractivity contribution in [1.82, 2.24) is 19.7 Å². The van der Waals surface area contributed by atoms with Gasteiger partial charge in [-0.05, 0) is 25.7 Å². The van der Waals surface area contributed by atoms with Crippen LogP contribution in [0.4, 0.5) is 0 Å². The Morgan fingerprint density at radius 2 is 2.23 bits per heavy atom. The van der Waals surface area contributed by atoms with Crippen LogP contribution in [0.5, 0.6) is 0 Å². The number of carbonyl (C=O) groups is 2. The van der Waals surface area contributed by atoms with E-state index in [1.54, 1.807) is 0 Å². The van der Waals surface area contributed by atoms with Crippen LogP contribution in [-0.2, 0) is 22.7 Å². The zero-order chi connectivity index (χ0) is 15.7. The predicted octanol–water partition coefficient (Wildman–Crippen LogP) is 0.257. The van der Waals surface area contributed by atoms with Crippen molar-refractivity contribution < 1.29 is 14.7 Å². The van der Waals surface area contributed by atoms with Gasteiger partial charge in [0, 0.05) is 6.42 Å². The summed E-state index contributed by atoms with van der Waals surface area (Å²) in [7, 11) is 0. The lowest BCUT2D eigenvalue weighted by Gasteiger charge is -2.33. The highest BCUT2D eigenvalue weighted by Crippen LogP contribution is 2.23. The quantitative estimate of drug-likeness (QED) is 0.779. The molecule has 1 aliphatic carbocycles. The minimum atomic E-state index is -1.11. The first-order valence-corrected chi connectivity index (χ1v) is 7.40. The minimum Gasteiger partial charge on any atom is -0.480 e. The van der Waals surface area contributed by atoms with E-state index < -0.39 is 17.7 Å². The molecule has 1 aromatic heterocycles. The van der Waals surface area contributed by atoms with Gasteiger partial charge in [-0.15, -0.1) is 0 Å². The Bertz CT molecular complexity index is 687. The molecule has 2 aliphatic rings. The van der Waals surface area contributed by atoms with Crippen LogP contribution >= 0.6 is 0 Å². The average Bonchev–Trinajstić information content (AvgIpc) is 2.88. The van der Waals surface area contributed by atoms with Gasteiger partial charge >= 0.3 is 11.7 Å². The van der Waals surface area contributed by atoms with E-state index in [0.29, 0.717) is 5.82 Å². The molecule has 1 aromatic rings. The van der Waals surface area contributed by atoms with Gasteiger partial charge in [-0.25, -0.2) is 14.7 Å². The predicted molar refractivity (Wildman–Crippen MR) is 76.0 cm³/mol. The van der Waals surface area contributed by atoms with E-state index in [4.69, 9.17) is 0 Å². The number of nitrogens with zero attached hydrogens (tertiary/aromatic N) is 3. The first kappa shape index (κ1) is 14.6. The van der Waals surface area contributed by atoms with Crippen LogP contribution < -0.4 is 5.69 Å². The average molecular weight is 306 g/mol. The summed E-state index contributed by atoms with van der Waals surface area (Å²) < 4.78 is 1.28. The number of allylic oxidation sites excluding steroid dienone is 1. The lowest BCUT2D eigenvalue weighted by atomic mass is 9.96. The first-order valence-electron chi connectivity index (χ1n) is 7.40. The summed E-state index contributed by atoms with van der Waals surface area (Å²) in [6.45, 7) is -0.0212. The maximum absolute atomic E-state index is 12.5. The van der Waals surface area contributed by atoms with Gasteiger partial charge in [-0.3, -0.25) is 9.36 Å². The van der Waals surface area contributed by atoms with E-state index in [9.17, 15) is 19.5 Å². The van der Waals surface area contributed by atoms with E-state index in [1.165, 1.54) is 9.47 Å². The summed E-state index contributed by atoms with van der Waals surface area (Å²) in [6, 6.07) is -1.03. The Hall–Kier alpha value is -2.38. The molecule has 3 rings (SSSR count). The van der Waals surface area contributed by atoms with E-state index in [0.717, 1.165) is 31.3 Å². The molecular formula is C14H18N4O4. The summed E-state index contributed by atoms with van der Waals surface area (Å²) in [4.78, 5) is 36.8. The third kappa shape index (κ3) is 2.68. The standard InChI is InChI=1S/C14H18N4O4/c19-12(6-9-4-2-1-3-5-9)17-8-11-15-16-14(22)18(11)7-10(17)13(20)21/h4,10H,1-3,5-8H2,(H,16,22)(H,20,21). The number of hydrogen-bond acceptors (Lipinski definition) is 4. The van der Waals surface area contributed by atoms with Gasteiger partial charge in [-0.2, -0.15) is 5.10 Å². The fourth-order valence-corrected chi connectivity index (χ4v) is 3.03. The van der Waals surface area contributed by atoms with Crippen LogP contribution in [0.15, 0.2) is 16.4 Å². The SMILES string of the molecule is O=C(O)C1Cn2c(n[nH]c2=O)CN1C(=O)CC1=CCCCC1. The molecule has 1 atom stereocenters. The Morgan fingerprint density at radius 3 is 2.91 bits per heavy atom. The third-order valence-electron chi connectivity index (χ3n) is 4.25. The van der Waals surface area contributed by atoms with Gasteiger partial charge in [0.15, 0.2) is 5.82 Å². The zero-order valence-electron chi connectivity index (χ0n) is 12.1. The summed E-state index contributed by atoms with van der Waals surface area (Å²) in [6.07, 6.45) is 6.40. The van der Waals surface area contributed by atoms with Crippen LogP contribution in [-0.4, -0.2) is 42.7 Å². The number of aliphatic carboxylic acids is 1. The van der Waals surface area contributed by atoms with Crippen molar-refractivity contribution in [3.63, 3.8) is 0 Å². The van der Waals surface area contributed by atoms with Crippen molar-refractivity contribution in [1.29, 1.82) is 0 Å². The molecule has 0 aromatic carbocycles. The van der Waals surface area contributed by atoms with Crippen LogP contribution in [0.1, 0.15) is 37.9 Å². The summed E-state index contributed by atoms with van der Waals surface area (Å²) in [5, 5.41) is 15.5. The van der Waals surface area contributed by atoms with Crippen molar-refractivity contribution in [2.45, 2.75) is 51.2 Å². The van der Waals surface area contributed by atoms with Gasteiger partial charge < -0.3 is 10.0 Å². The highest BCUT2D eigenvalue weighted by atomic mass is 16.4. The van der Waals surface area contributed by atoms with Gasteiger partial charge in [-0.1, -0.05) is 11.6 Å². The number of carbonyl (C=O) groups excluding carboxylic acids is 1. The molecule has 2 heterocycles. The number of nitrogens with one attached hydrogen (secondary N) is 1. The molecule has 0 saturated carbocycles. The van der Waals surface area contributed by atoms with E-state index in [1.807, 2.05) is 0 Å². The highest BCUT2D eigenvalue weighted by Gasteiger charge is 2.36. The highest BCUT2D eigenvalue weighted by molar-refractivity contribution is 5.85. The Morgan fingerprint density at radius 1 is 1.41 bits per heavy atom. The molecule has 22 heavy (non-hydrogen) atoms. The molecule has 0 radical (unpaired) electrons. The van der Waals surface area contributed by atoms with Crippen LogP contribution in [0, 0.1) is 0 Å². The fourth-order valence-electron chi connectivity index (χ4n) is 3.03. The van der Waals surface area contributed by atoms with Crippen molar-refractivity contribution in [3.05, 3.63) is 28.0 Å². The molecule has 1 aliphatic heterocycles. The van der Waals surface area contributed by atoms with Crippen molar-refractivity contribution in [2.75, 3.05) is 0 Å². The topological polar surface area (TPSA) is 108 Å². The largest absolute Gasteiger partial charge is 0.480 e. The molecule has 2 N–H and O–H groups in total. The zero-order valence-corrected chi connectivity index (χ0v) is 12.1. The number of aromatic amines is 1. The Balaban J connectivity index is 1.81. The van der Waals surface area contributed by atoms with Gasteiger partial charge in [0.2, 0.25) is 5.91 Å². The first-order chi connectivity index (χ1) is 10.6. The molecule has 0 bridgehead atoms. The van der Waals surface area contributed by atoms with Crippen molar-refractivity contribution in [2.24, 2.45) is 0 Å². The number of hydrogen-bond donors (Lipinski definition) is 2. The second-order valence-electron chi connectivity index (χ2n) is 5.72. The molecule has 1 unspecified atom stereocenters. The molecule has 118 valence electrons. The summed E-state index contributed by atoms with van der Waals surface area (Å²) in [5.41, 5.74) is 0.633. The Kier molecular flexibility index (Phi) is 3.82. The van der Waals surface area contributed by atoms with Crippen LogP contribution in [0.2, 0.25) is 0 Å². The van der Waals surface area contributed by atoms with E-state index in [-0.39, 0.29) is 25.4 Å². The number of rotatable bonds is 3. The van der Waals surface area contributed by atoms with E-state index in [2.05, 4.69) is 16.3 Å². The number of carboxylic acids is 1. The molecular weight excluding hydrogens is 288 g/mol. The number of carboxylic acid groups (broad SMARTS) is 1. The second-order valence-corrected chi connectivity index (χ2v) is 5.72. The smallest absolute Gasteiger partial charge is 0.343 e. The van der Waals surface area contributed by atoms with Crippen LogP contribution in [0.3, 0.4) is 0 Å². The van der Waals surface area contributed by atoms with Crippen molar-refractivity contribution in [3.8, 4) is 0 Å². The van der Waals surface area contributed by atoms with Crippen molar-refractivity contribution >= 4 is 11.9 Å². The third-order valence-corrected chi connectivity index (χ3v) is 4.25. The maximum atomic E-state index is 12.5. The van der Waals surface area contributed by atoms with Crippen LogP contribution in [0.25, 0.3) is 0 Å². The molecule has 8 nitrogen and oxygen atoms in total. The van der Waals surface area contributed by atoms with E-state index >= 15 is 0 Å². The minimum absolute atomic E-state index is 0.0435. The lowest BCUT2D eigenvalue weighted by molar-refractivity contribution is -0.152. The number of H-pyrrole nitrogens is 1.